The number of pyridine rings is 1. The molecule has 1 unspecified atom stereocenters. The summed E-state index contributed by atoms with van der Waals surface area (Å²) in [6.07, 6.45) is 1.66. The van der Waals surface area contributed by atoms with Gasteiger partial charge in [-0.1, -0.05) is 0 Å². The van der Waals surface area contributed by atoms with Crippen LogP contribution >= 0.6 is 0 Å². The van der Waals surface area contributed by atoms with Gasteiger partial charge >= 0.3 is 5.97 Å². The molecule has 1 amide bonds. The summed E-state index contributed by atoms with van der Waals surface area (Å²) in [6, 6.07) is 4.22. The van der Waals surface area contributed by atoms with Crippen molar-refractivity contribution in [3.05, 3.63) is 29.7 Å². The van der Waals surface area contributed by atoms with Crippen molar-refractivity contribution in [1.82, 2.24) is 10.3 Å². The predicted octanol–water partition coefficient (Wildman–Crippen LogP) is 1.73. The minimum Gasteiger partial charge on any atom is -0.480 e. The molecule has 1 aliphatic rings. The van der Waals surface area contributed by atoms with Gasteiger partial charge in [0.1, 0.15) is 11.6 Å². The SMILES string of the molecule is Cc1ccc2oc(C(=O)NC(C(=O)O)C3CC3)cc2n1. The second-order valence-corrected chi connectivity index (χ2v) is 5.07. The van der Waals surface area contributed by atoms with Gasteiger partial charge in [0.2, 0.25) is 0 Å². The van der Waals surface area contributed by atoms with Crippen LogP contribution in [0.3, 0.4) is 0 Å². The molecule has 0 radical (unpaired) electrons. The van der Waals surface area contributed by atoms with Crippen LogP contribution in [0.2, 0.25) is 0 Å². The van der Waals surface area contributed by atoms with Gasteiger partial charge in [0, 0.05) is 11.8 Å². The number of aromatic nitrogens is 1. The predicted molar refractivity (Wildman–Crippen MR) is 70.4 cm³/mol. The van der Waals surface area contributed by atoms with Crippen molar-refractivity contribution >= 4 is 23.0 Å². The summed E-state index contributed by atoms with van der Waals surface area (Å²) in [5.74, 6) is -1.41. The summed E-state index contributed by atoms with van der Waals surface area (Å²) in [7, 11) is 0. The van der Waals surface area contributed by atoms with E-state index in [9.17, 15) is 9.59 Å². The number of carbonyl (C=O) groups excluding carboxylic acids is 1. The van der Waals surface area contributed by atoms with Gasteiger partial charge in [-0.15, -0.1) is 0 Å². The lowest BCUT2D eigenvalue weighted by atomic mass is 10.2. The highest BCUT2D eigenvalue weighted by molar-refractivity contribution is 5.97. The minimum absolute atomic E-state index is 0.0289. The number of rotatable bonds is 4. The van der Waals surface area contributed by atoms with Crippen LogP contribution in [0.1, 0.15) is 29.1 Å². The summed E-state index contributed by atoms with van der Waals surface area (Å²) < 4.78 is 5.40. The molecular formula is C14H14N2O4. The van der Waals surface area contributed by atoms with Gasteiger partial charge < -0.3 is 14.8 Å². The molecule has 0 spiro atoms. The number of fused-ring (bicyclic) bond motifs is 1. The molecule has 1 aliphatic carbocycles. The maximum absolute atomic E-state index is 12.1. The van der Waals surface area contributed by atoms with E-state index in [0.717, 1.165) is 18.5 Å². The molecule has 6 heteroatoms. The number of aliphatic carboxylic acids is 1. The second-order valence-electron chi connectivity index (χ2n) is 5.07. The zero-order valence-electron chi connectivity index (χ0n) is 10.9. The average Bonchev–Trinajstić information content (AvgIpc) is 3.14. The van der Waals surface area contributed by atoms with Crippen LogP contribution in [0.5, 0.6) is 0 Å². The first-order chi connectivity index (χ1) is 9.54. The summed E-state index contributed by atoms with van der Waals surface area (Å²) in [5.41, 5.74) is 1.93. The Kier molecular flexibility index (Phi) is 2.93. The maximum atomic E-state index is 12.1. The standard InChI is InChI=1S/C14H14N2O4/c1-7-2-5-10-9(15-7)6-11(20-10)13(17)16-12(14(18)19)8-3-4-8/h2,5-6,8,12H,3-4H2,1H3,(H,16,17)(H,18,19). The molecule has 6 nitrogen and oxygen atoms in total. The van der Waals surface area contributed by atoms with Gasteiger partial charge in [0.05, 0.1) is 0 Å². The normalized spacial score (nSPS) is 16.1. The highest BCUT2D eigenvalue weighted by Gasteiger charge is 2.37. The van der Waals surface area contributed by atoms with Crippen LogP contribution in [-0.4, -0.2) is 28.0 Å². The quantitative estimate of drug-likeness (QED) is 0.885. The molecule has 3 rings (SSSR count). The Morgan fingerprint density at radius 3 is 2.85 bits per heavy atom. The molecule has 1 atom stereocenters. The van der Waals surface area contributed by atoms with Crippen molar-refractivity contribution in [2.45, 2.75) is 25.8 Å². The van der Waals surface area contributed by atoms with Crippen molar-refractivity contribution in [2.24, 2.45) is 5.92 Å². The third kappa shape index (κ3) is 2.36. The van der Waals surface area contributed by atoms with E-state index in [1.54, 1.807) is 12.1 Å². The van der Waals surface area contributed by atoms with E-state index in [-0.39, 0.29) is 11.7 Å². The number of nitrogens with one attached hydrogen (secondary N) is 1. The van der Waals surface area contributed by atoms with Crippen LogP contribution in [0, 0.1) is 12.8 Å². The van der Waals surface area contributed by atoms with Crippen LogP contribution in [0.15, 0.2) is 22.6 Å². The van der Waals surface area contributed by atoms with E-state index in [1.807, 2.05) is 6.92 Å². The molecule has 104 valence electrons. The molecule has 2 aromatic heterocycles. The molecular weight excluding hydrogens is 260 g/mol. The van der Waals surface area contributed by atoms with E-state index in [4.69, 9.17) is 9.52 Å². The van der Waals surface area contributed by atoms with Crippen molar-refractivity contribution in [3.63, 3.8) is 0 Å². The van der Waals surface area contributed by atoms with Crippen LogP contribution in [0.4, 0.5) is 0 Å². The van der Waals surface area contributed by atoms with E-state index in [0.29, 0.717) is 11.1 Å². The highest BCUT2D eigenvalue weighted by atomic mass is 16.4. The summed E-state index contributed by atoms with van der Waals surface area (Å²) in [4.78, 5) is 27.4. The zero-order chi connectivity index (χ0) is 14.3. The number of nitrogens with zero attached hydrogens (tertiary/aromatic N) is 1. The summed E-state index contributed by atoms with van der Waals surface area (Å²) >= 11 is 0. The van der Waals surface area contributed by atoms with Crippen LogP contribution < -0.4 is 5.32 Å². The third-order valence-electron chi connectivity index (χ3n) is 3.38. The Morgan fingerprint density at radius 1 is 1.45 bits per heavy atom. The fourth-order valence-corrected chi connectivity index (χ4v) is 2.16. The Hall–Kier alpha value is -2.37. The fourth-order valence-electron chi connectivity index (χ4n) is 2.16. The van der Waals surface area contributed by atoms with Crippen LogP contribution in [-0.2, 0) is 4.79 Å². The molecule has 0 aliphatic heterocycles. The highest BCUT2D eigenvalue weighted by Crippen LogP contribution is 2.33. The van der Waals surface area contributed by atoms with Gasteiger partial charge in [0.25, 0.3) is 5.91 Å². The molecule has 2 heterocycles. The third-order valence-corrected chi connectivity index (χ3v) is 3.38. The molecule has 0 saturated heterocycles. The van der Waals surface area contributed by atoms with Gasteiger partial charge in [0.15, 0.2) is 11.3 Å². The lowest BCUT2D eigenvalue weighted by molar-refractivity contribution is -0.139. The van der Waals surface area contributed by atoms with Gasteiger partial charge in [-0.25, -0.2) is 9.78 Å². The Morgan fingerprint density at radius 2 is 2.20 bits per heavy atom. The first-order valence-corrected chi connectivity index (χ1v) is 6.45. The van der Waals surface area contributed by atoms with Crippen molar-refractivity contribution in [2.75, 3.05) is 0 Å². The first-order valence-electron chi connectivity index (χ1n) is 6.45. The number of carboxylic acid groups (broad SMARTS) is 1. The average molecular weight is 274 g/mol. The fraction of sp³-hybridized carbons (Fsp3) is 0.357. The number of amides is 1. The first kappa shape index (κ1) is 12.7. The van der Waals surface area contributed by atoms with Crippen molar-refractivity contribution in [1.29, 1.82) is 0 Å². The van der Waals surface area contributed by atoms with Gasteiger partial charge in [-0.2, -0.15) is 0 Å². The number of carbonyl (C=O) groups is 2. The van der Waals surface area contributed by atoms with E-state index in [2.05, 4.69) is 10.3 Å². The zero-order valence-corrected chi connectivity index (χ0v) is 10.9. The molecule has 2 aromatic rings. The largest absolute Gasteiger partial charge is 0.480 e. The molecule has 0 aromatic carbocycles. The summed E-state index contributed by atoms with van der Waals surface area (Å²) in [6.45, 7) is 1.85. The molecule has 20 heavy (non-hydrogen) atoms. The lowest BCUT2D eigenvalue weighted by Crippen LogP contribution is -2.42. The molecule has 1 saturated carbocycles. The van der Waals surface area contributed by atoms with Crippen molar-refractivity contribution < 1.29 is 19.1 Å². The van der Waals surface area contributed by atoms with E-state index >= 15 is 0 Å². The lowest BCUT2D eigenvalue weighted by Gasteiger charge is -2.11. The summed E-state index contributed by atoms with van der Waals surface area (Å²) in [5, 5.41) is 11.6. The van der Waals surface area contributed by atoms with E-state index in [1.165, 1.54) is 6.07 Å². The maximum Gasteiger partial charge on any atom is 0.326 e. The number of hydrogen-bond acceptors (Lipinski definition) is 4. The van der Waals surface area contributed by atoms with Crippen molar-refractivity contribution in [3.8, 4) is 0 Å². The smallest absolute Gasteiger partial charge is 0.326 e. The Labute approximate surface area is 114 Å². The number of furan rings is 1. The topological polar surface area (TPSA) is 92.4 Å². The number of carboxylic acids is 1. The molecule has 0 bridgehead atoms. The van der Waals surface area contributed by atoms with Gasteiger partial charge in [-0.3, -0.25) is 4.79 Å². The number of aryl methyl sites for hydroxylation is 1. The monoisotopic (exact) mass is 274 g/mol. The second kappa shape index (κ2) is 4.63. The Balaban J connectivity index is 1.82. The van der Waals surface area contributed by atoms with E-state index < -0.39 is 17.9 Å². The number of hydrogen-bond donors (Lipinski definition) is 2. The molecule has 2 N–H and O–H groups in total. The Bertz CT molecular complexity index is 688. The molecule has 1 fully saturated rings. The minimum atomic E-state index is -1.01. The van der Waals surface area contributed by atoms with Crippen LogP contribution in [0.25, 0.3) is 11.1 Å². The van der Waals surface area contributed by atoms with Gasteiger partial charge in [-0.05, 0) is 37.8 Å².